The average molecular weight is 370 g/mol. The number of hydrogen-bond donors (Lipinski definition) is 3. The number of carbonyl (C=O) groups is 1. The first-order chi connectivity index (χ1) is 12.8. The van der Waals surface area contributed by atoms with Gasteiger partial charge in [-0.1, -0.05) is 6.07 Å². The van der Waals surface area contributed by atoms with Gasteiger partial charge in [0, 0.05) is 24.8 Å². The van der Waals surface area contributed by atoms with Crippen molar-refractivity contribution in [2.45, 2.75) is 45.6 Å². The van der Waals surface area contributed by atoms with Crippen LogP contribution >= 0.6 is 0 Å². The van der Waals surface area contributed by atoms with Crippen LogP contribution in [0.1, 0.15) is 37.1 Å². The second-order valence-corrected chi connectivity index (χ2v) is 7.31. The molecule has 144 valence electrons. The number of aromatic nitrogens is 2. The molecule has 2 aromatic rings. The molecule has 0 saturated heterocycles. The average Bonchev–Trinajstić information content (AvgIpc) is 3.05. The van der Waals surface area contributed by atoms with E-state index in [1.54, 1.807) is 20.8 Å². The van der Waals surface area contributed by atoms with E-state index in [2.05, 4.69) is 26.7 Å². The maximum atomic E-state index is 12.5. The van der Waals surface area contributed by atoms with Crippen molar-refractivity contribution in [1.82, 2.24) is 15.3 Å². The lowest BCUT2D eigenvalue weighted by atomic mass is 10.1. The van der Waals surface area contributed by atoms with E-state index in [-0.39, 0.29) is 11.5 Å². The molecule has 0 fully saturated rings. The molecular formula is C20H26N4O3. The first kappa shape index (κ1) is 18.9. The van der Waals surface area contributed by atoms with E-state index in [4.69, 9.17) is 4.74 Å². The topological polar surface area (TPSA) is 96.1 Å². The van der Waals surface area contributed by atoms with Gasteiger partial charge in [-0.15, -0.1) is 0 Å². The summed E-state index contributed by atoms with van der Waals surface area (Å²) in [7, 11) is 0. The molecule has 3 rings (SSSR count). The van der Waals surface area contributed by atoms with Crippen LogP contribution in [0.4, 0.5) is 5.95 Å². The predicted octanol–water partition coefficient (Wildman–Crippen LogP) is 1.95. The van der Waals surface area contributed by atoms with Crippen molar-refractivity contribution in [3.05, 3.63) is 51.4 Å². The lowest BCUT2D eigenvalue weighted by molar-refractivity contribution is -0.134. The zero-order chi connectivity index (χ0) is 19.4. The van der Waals surface area contributed by atoms with Gasteiger partial charge in [-0.05, 0) is 63.3 Å². The highest BCUT2D eigenvalue weighted by Gasteiger charge is 2.30. The third kappa shape index (κ3) is 4.87. The van der Waals surface area contributed by atoms with Crippen molar-refractivity contribution in [1.29, 1.82) is 0 Å². The molecule has 0 atom stereocenters. The summed E-state index contributed by atoms with van der Waals surface area (Å²) in [5.74, 6) is 0.911. The van der Waals surface area contributed by atoms with Gasteiger partial charge in [0.05, 0.1) is 0 Å². The SMILES string of the molecule is Cc1cc(=O)[nH]c(NCCNC(=O)C(C)(C)Oc2ccc3c(c2)CCC3)n1. The predicted molar refractivity (Wildman–Crippen MR) is 104 cm³/mol. The van der Waals surface area contributed by atoms with Crippen LogP contribution in [0, 0.1) is 6.92 Å². The van der Waals surface area contributed by atoms with E-state index in [0.717, 1.165) is 18.6 Å². The number of H-pyrrole nitrogens is 1. The number of aryl methyl sites for hydroxylation is 3. The van der Waals surface area contributed by atoms with Crippen molar-refractivity contribution in [3.63, 3.8) is 0 Å². The highest BCUT2D eigenvalue weighted by Crippen LogP contribution is 2.28. The number of rotatable bonds is 7. The number of nitrogens with zero attached hydrogens (tertiary/aromatic N) is 1. The van der Waals surface area contributed by atoms with E-state index in [1.807, 2.05) is 12.1 Å². The zero-order valence-electron chi connectivity index (χ0n) is 16.0. The number of amides is 1. The molecule has 1 aromatic heterocycles. The van der Waals surface area contributed by atoms with E-state index in [1.165, 1.54) is 23.6 Å². The van der Waals surface area contributed by atoms with Gasteiger partial charge in [0.25, 0.3) is 11.5 Å². The Balaban J connectivity index is 1.49. The summed E-state index contributed by atoms with van der Waals surface area (Å²) >= 11 is 0. The van der Waals surface area contributed by atoms with Crippen molar-refractivity contribution < 1.29 is 9.53 Å². The summed E-state index contributed by atoms with van der Waals surface area (Å²) in [6.07, 6.45) is 3.37. The van der Waals surface area contributed by atoms with Crippen molar-refractivity contribution in [2.24, 2.45) is 0 Å². The Morgan fingerprint density at radius 2 is 2.00 bits per heavy atom. The van der Waals surface area contributed by atoms with Crippen LogP contribution in [-0.4, -0.2) is 34.6 Å². The van der Waals surface area contributed by atoms with Crippen molar-refractivity contribution >= 4 is 11.9 Å². The van der Waals surface area contributed by atoms with E-state index in [0.29, 0.717) is 24.7 Å². The Labute approximate surface area is 158 Å². The Bertz CT molecular complexity index is 889. The van der Waals surface area contributed by atoms with Crippen molar-refractivity contribution in [2.75, 3.05) is 18.4 Å². The van der Waals surface area contributed by atoms with Gasteiger partial charge < -0.3 is 15.4 Å². The van der Waals surface area contributed by atoms with Gasteiger partial charge in [-0.3, -0.25) is 14.6 Å². The number of fused-ring (bicyclic) bond motifs is 1. The number of carbonyl (C=O) groups excluding carboxylic acids is 1. The van der Waals surface area contributed by atoms with Gasteiger partial charge in [0.1, 0.15) is 5.75 Å². The van der Waals surface area contributed by atoms with Crippen molar-refractivity contribution in [3.8, 4) is 5.75 Å². The Morgan fingerprint density at radius 3 is 2.78 bits per heavy atom. The second-order valence-electron chi connectivity index (χ2n) is 7.31. The number of nitrogens with one attached hydrogen (secondary N) is 3. The molecule has 1 aliphatic carbocycles. The molecule has 0 aliphatic heterocycles. The smallest absolute Gasteiger partial charge is 0.263 e. The van der Waals surface area contributed by atoms with Crippen LogP contribution in [0.5, 0.6) is 5.75 Å². The van der Waals surface area contributed by atoms with Gasteiger partial charge in [-0.2, -0.15) is 0 Å². The molecule has 7 nitrogen and oxygen atoms in total. The molecule has 1 amide bonds. The maximum absolute atomic E-state index is 12.5. The minimum Gasteiger partial charge on any atom is -0.478 e. The van der Waals surface area contributed by atoms with Gasteiger partial charge in [0.2, 0.25) is 5.95 Å². The summed E-state index contributed by atoms with van der Waals surface area (Å²) in [4.78, 5) is 30.7. The van der Waals surface area contributed by atoms with Crippen LogP contribution in [0.3, 0.4) is 0 Å². The van der Waals surface area contributed by atoms with Crippen LogP contribution < -0.4 is 20.9 Å². The molecule has 1 heterocycles. The van der Waals surface area contributed by atoms with Gasteiger partial charge >= 0.3 is 0 Å². The second kappa shape index (κ2) is 7.82. The van der Waals surface area contributed by atoms with E-state index < -0.39 is 5.60 Å². The number of hydrogen-bond acceptors (Lipinski definition) is 5. The third-order valence-electron chi connectivity index (χ3n) is 4.56. The number of anilines is 1. The third-order valence-corrected chi connectivity index (χ3v) is 4.56. The fourth-order valence-electron chi connectivity index (χ4n) is 3.19. The zero-order valence-corrected chi connectivity index (χ0v) is 16.0. The molecule has 0 spiro atoms. The van der Waals surface area contributed by atoms with Gasteiger partial charge in [0.15, 0.2) is 5.60 Å². The van der Waals surface area contributed by atoms with E-state index >= 15 is 0 Å². The standard InChI is InChI=1S/C20H26N4O3/c1-13-11-17(25)24-19(23-13)22-10-9-21-18(26)20(2,3)27-16-8-7-14-5-4-6-15(14)12-16/h7-8,11-12H,4-6,9-10H2,1-3H3,(H,21,26)(H2,22,23,24,25). The highest BCUT2D eigenvalue weighted by atomic mass is 16.5. The van der Waals surface area contributed by atoms with E-state index in [9.17, 15) is 9.59 Å². The number of aromatic amines is 1. The summed E-state index contributed by atoms with van der Waals surface area (Å²) < 4.78 is 5.94. The summed E-state index contributed by atoms with van der Waals surface area (Å²) in [5.41, 5.74) is 2.13. The minimum atomic E-state index is -0.983. The highest BCUT2D eigenvalue weighted by molar-refractivity contribution is 5.84. The molecule has 0 radical (unpaired) electrons. The largest absolute Gasteiger partial charge is 0.478 e. The lowest BCUT2D eigenvalue weighted by Gasteiger charge is -2.25. The van der Waals surface area contributed by atoms with Crippen LogP contribution in [0.15, 0.2) is 29.1 Å². The normalized spacial score (nSPS) is 13.1. The molecule has 0 bridgehead atoms. The van der Waals surface area contributed by atoms with Crippen LogP contribution in [0.2, 0.25) is 0 Å². The Hall–Kier alpha value is -2.83. The minimum absolute atomic E-state index is 0.199. The quantitative estimate of drug-likeness (QED) is 0.648. The Morgan fingerprint density at radius 1 is 1.22 bits per heavy atom. The maximum Gasteiger partial charge on any atom is 0.263 e. The molecule has 1 aromatic carbocycles. The Kier molecular flexibility index (Phi) is 5.48. The first-order valence-corrected chi connectivity index (χ1v) is 9.24. The van der Waals surface area contributed by atoms with Crippen LogP contribution in [0.25, 0.3) is 0 Å². The fraction of sp³-hybridized carbons (Fsp3) is 0.450. The molecule has 0 unspecified atom stereocenters. The molecule has 1 aliphatic rings. The molecule has 0 saturated carbocycles. The summed E-state index contributed by atoms with van der Waals surface area (Å²) in [5, 5.41) is 5.84. The lowest BCUT2D eigenvalue weighted by Crippen LogP contribution is -2.47. The number of ether oxygens (including phenoxy) is 1. The number of benzene rings is 1. The first-order valence-electron chi connectivity index (χ1n) is 9.24. The molecular weight excluding hydrogens is 344 g/mol. The molecule has 27 heavy (non-hydrogen) atoms. The monoisotopic (exact) mass is 370 g/mol. The molecule has 3 N–H and O–H groups in total. The van der Waals surface area contributed by atoms with Gasteiger partial charge in [-0.25, -0.2) is 4.98 Å². The summed E-state index contributed by atoms with van der Waals surface area (Å²) in [6, 6.07) is 7.48. The molecule has 7 heteroatoms. The fourth-order valence-corrected chi connectivity index (χ4v) is 3.19. The summed E-state index contributed by atoms with van der Waals surface area (Å²) in [6.45, 7) is 6.08. The van der Waals surface area contributed by atoms with Crippen LogP contribution in [-0.2, 0) is 17.6 Å².